The number of fused-ring (bicyclic) bond motifs is 3. The molecule has 3 atom stereocenters. The third-order valence-corrected chi connectivity index (χ3v) is 7.07. The van der Waals surface area contributed by atoms with Crippen molar-refractivity contribution < 1.29 is 19.5 Å². The number of hydrogen-bond donors (Lipinski definition) is 3. The first-order valence-corrected chi connectivity index (χ1v) is 12.3. The highest BCUT2D eigenvalue weighted by molar-refractivity contribution is 6.34. The minimum atomic E-state index is -0.799. The van der Waals surface area contributed by atoms with Crippen molar-refractivity contribution in [1.29, 1.82) is 0 Å². The molecule has 4 rings (SSSR count). The maximum absolute atomic E-state index is 13.2. The molecular weight excluding hydrogens is 462 g/mol. The lowest BCUT2D eigenvalue weighted by Gasteiger charge is -2.31. The zero-order valence-electron chi connectivity index (χ0n) is 20.9. The van der Waals surface area contributed by atoms with E-state index in [-0.39, 0.29) is 23.4 Å². The van der Waals surface area contributed by atoms with Crippen LogP contribution in [0.5, 0.6) is 5.75 Å². The Morgan fingerprint density at radius 2 is 2.00 bits per heavy atom. The number of likely N-dealkylation sites (N-methyl/N-ethyl adjacent to an activating group) is 1. The van der Waals surface area contributed by atoms with E-state index in [9.17, 15) is 24.3 Å². The molecule has 1 aliphatic carbocycles. The van der Waals surface area contributed by atoms with Crippen LogP contribution in [0.4, 0.5) is 0 Å². The van der Waals surface area contributed by atoms with Crippen LogP contribution in [0.15, 0.2) is 29.1 Å². The van der Waals surface area contributed by atoms with Crippen molar-refractivity contribution in [2.24, 2.45) is 11.8 Å². The SMILES string of the molecule is Cc1cccc(CCNC(=O)c2nc3n(c(=O)c2O)CC2CCCC(C2)C3NC(=O)C(=O)N(C)C)c1. The molecule has 36 heavy (non-hydrogen) atoms. The Morgan fingerprint density at radius 3 is 2.72 bits per heavy atom. The number of amides is 3. The highest BCUT2D eigenvalue weighted by Gasteiger charge is 2.39. The van der Waals surface area contributed by atoms with Crippen LogP contribution in [0, 0.1) is 18.8 Å². The van der Waals surface area contributed by atoms with Crippen molar-refractivity contribution in [2.75, 3.05) is 20.6 Å². The predicted molar refractivity (Wildman–Crippen MR) is 132 cm³/mol. The van der Waals surface area contributed by atoms with E-state index in [1.807, 2.05) is 31.2 Å². The number of rotatable bonds is 5. The summed E-state index contributed by atoms with van der Waals surface area (Å²) < 4.78 is 1.36. The highest BCUT2D eigenvalue weighted by Crippen LogP contribution is 2.40. The van der Waals surface area contributed by atoms with Crippen molar-refractivity contribution in [1.82, 2.24) is 25.1 Å². The van der Waals surface area contributed by atoms with Gasteiger partial charge in [-0.3, -0.25) is 23.7 Å². The third kappa shape index (κ3) is 5.27. The second-order valence-electron chi connectivity index (χ2n) is 10.0. The summed E-state index contributed by atoms with van der Waals surface area (Å²) in [5, 5.41) is 16.1. The molecule has 0 saturated heterocycles. The summed E-state index contributed by atoms with van der Waals surface area (Å²) in [5.41, 5.74) is 1.08. The fourth-order valence-corrected chi connectivity index (χ4v) is 5.26. The number of benzene rings is 1. The van der Waals surface area contributed by atoms with E-state index in [0.717, 1.165) is 36.8 Å². The van der Waals surface area contributed by atoms with Crippen molar-refractivity contribution in [3.05, 3.63) is 57.3 Å². The van der Waals surface area contributed by atoms with Crippen LogP contribution < -0.4 is 16.2 Å². The number of aromatic hydroxyl groups is 1. The standard InChI is InChI=1S/C26H33N5O5/c1-15-6-4-7-16(12-15)10-11-27-23(33)20-21(32)25(35)31-14-17-8-5-9-18(13-17)19(22(31)28-20)29-24(34)26(36)30(2)3/h4,6-7,12,17-19,32H,5,8-11,13-14H2,1-3H3,(H,27,33)(H,29,34). The lowest BCUT2D eigenvalue weighted by atomic mass is 9.78. The summed E-state index contributed by atoms with van der Waals surface area (Å²) in [6.07, 6.45) is 3.97. The molecule has 192 valence electrons. The predicted octanol–water partition coefficient (Wildman–Crippen LogP) is 1.30. The smallest absolute Gasteiger partial charge is 0.311 e. The first-order valence-electron chi connectivity index (χ1n) is 12.3. The van der Waals surface area contributed by atoms with Crippen LogP contribution in [0.2, 0.25) is 0 Å². The maximum Gasteiger partial charge on any atom is 0.311 e. The van der Waals surface area contributed by atoms with Gasteiger partial charge in [-0.25, -0.2) is 4.98 Å². The topological polar surface area (TPSA) is 134 Å². The van der Waals surface area contributed by atoms with Gasteiger partial charge < -0.3 is 20.6 Å². The lowest BCUT2D eigenvalue weighted by Crippen LogP contribution is -2.44. The molecule has 1 aromatic heterocycles. The van der Waals surface area contributed by atoms with E-state index >= 15 is 0 Å². The molecule has 10 nitrogen and oxygen atoms in total. The zero-order chi connectivity index (χ0) is 26.0. The number of carbonyl (C=O) groups excluding carboxylic acids is 3. The third-order valence-electron chi connectivity index (χ3n) is 7.07. The molecule has 1 fully saturated rings. The minimum absolute atomic E-state index is 0.0370. The molecule has 1 aromatic carbocycles. The summed E-state index contributed by atoms with van der Waals surface area (Å²) in [6.45, 7) is 2.63. The number of aryl methyl sites for hydroxylation is 1. The molecular formula is C26H33N5O5. The number of nitrogens with one attached hydrogen (secondary N) is 2. The van der Waals surface area contributed by atoms with E-state index in [1.54, 1.807) is 0 Å². The lowest BCUT2D eigenvalue weighted by molar-refractivity contribution is -0.144. The minimum Gasteiger partial charge on any atom is -0.501 e. The number of carbonyl (C=O) groups is 3. The van der Waals surface area contributed by atoms with Crippen molar-refractivity contribution in [3.63, 3.8) is 0 Å². The summed E-state index contributed by atoms with van der Waals surface area (Å²) >= 11 is 0. The van der Waals surface area contributed by atoms with Crippen molar-refractivity contribution in [3.8, 4) is 5.75 Å². The molecule has 3 N–H and O–H groups in total. The first-order chi connectivity index (χ1) is 17.2. The van der Waals surface area contributed by atoms with Gasteiger partial charge in [0.2, 0.25) is 5.75 Å². The zero-order valence-corrected chi connectivity index (χ0v) is 20.9. The quantitative estimate of drug-likeness (QED) is 0.536. The molecule has 2 bridgehead atoms. The van der Waals surface area contributed by atoms with Crippen LogP contribution in [-0.2, 0) is 22.6 Å². The van der Waals surface area contributed by atoms with E-state index in [0.29, 0.717) is 19.5 Å². The van der Waals surface area contributed by atoms with E-state index in [2.05, 4.69) is 15.6 Å². The van der Waals surface area contributed by atoms with E-state index in [1.165, 1.54) is 23.6 Å². The molecule has 0 spiro atoms. The molecule has 0 radical (unpaired) electrons. The number of nitrogens with zero attached hydrogens (tertiary/aromatic N) is 3. The van der Waals surface area contributed by atoms with E-state index < -0.39 is 35.1 Å². The van der Waals surface area contributed by atoms with Crippen LogP contribution >= 0.6 is 0 Å². The molecule has 1 saturated carbocycles. The van der Waals surface area contributed by atoms with Gasteiger partial charge in [-0.15, -0.1) is 0 Å². The van der Waals surface area contributed by atoms with E-state index in [4.69, 9.17) is 0 Å². The monoisotopic (exact) mass is 495 g/mol. The van der Waals surface area contributed by atoms with Crippen LogP contribution in [0.25, 0.3) is 0 Å². The Hall–Kier alpha value is -3.69. The van der Waals surface area contributed by atoms with Gasteiger partial charge in [-0.2, -0.15) is 0 Å². The fraction of sp³-hybridized carbons (Fsp3) is 0.500. The van der Waals surface area contributed by atoms with Gasteiger partial charge in [0.15, 0.2) is 5.69 Å². The van der Waals surface area contributed by atoms with Gasteiger partial charge in [0.25, 0.3) is 11.5 Å². The van der Waals surface area contributed by atoms with Gasteiger partial charge in [-0.05, 0) is 50.0 Å². The van der Waals surface area contributed by atoms with Gasteiger partial charge in [-0.1, -0.05) is 36.2 Å². The summed E-state index contributed by atoms with van der Waals surface area (Å²) in [7, 11) is 2.97. The molecule has 3 unspecified atom stereocenters. The Balaban J connectivity index is 1.64. The number of aromatic nitrogens is 2. The fourth-order valence-electron chi connectivity index (χ4n) is 5.26. The molecule has 10 heteroatoms. The maximum atomic E-state index is 13.2. The Kier molecular flexibility index (Phi) is 7.42. The van der Waals surface area contributed by atoms with Crippen LogP contribution in [0.3, 0.4) is 0 Å². The average molecular weight is 496 g/mol. The highest BCUT2D eigenvalue weighted by atomic mass is 16.3. The van der Waals surface area contributed by atoms with Gasteiger partial charge >= 0.3 is 11.8 Å². The molecule has 1 aliphatic heterocycles. The first kappa shape index (κ1) is 25.4. The van der Waals surface area contributed by atoms with Gasteiger partial charge in [0.1, 0.15) is 5.82 Å². The van der Waals surface area contributed by atoms with Gasteiger partial charge in [0.05, 0.1) is 6.04 Å². The Bertz CT molecular complexity index is 1240. The van der Waals surface area contributed by atoms with Crippen LogP contribution in [0.1, 0.15) is 59.2 Å². The summed E-state index contributed by atoms with van der Waals surface area (Å²) in [5.74, 6) is -2.54. The number of hydrogen-bond acceptors (Lipinski definition) is 6. The van der Waals surface area contributed by atoms with Crippen molar-refractivity contribution in [2.45, 2.75) is 51.6 Å². The molecule has 2 aliphatic rings. The second-order valence-corrected chi connectivity index (χ2v) is 10.0. The average Bonchev–Trinajstić information content (AvgIpc) is 2.94. The molecule has 2 aromatic rings. The van der Waals surface area contributed by atoms with Crippen molar-refractivity contribution >= 4 is 17.7 Å². The Morgan fingerprint density at radius 1 is 1.22 bits per heavy atom. The second kappa shape index (κ2) is 10.5. The van der Waals surface area contributed by atoms with Gasteiger partial charge in [0, 0.05) is 27.2 Å². The normalized spacial score (nSPS) is 20.6. The summed E-state index contributed by atoms with van der Waals surface area (Å²) in [4.78, 5) is 56.7. The van der Waals surface area contributed by atoms with Crippen LogP contribution in [-0.4, -0.2) is 57.9 Å². The molecule has 3 amide bonds. The summed E-state index contributed by atoms with van der Waals surface area (Å²) in [6, 6.07) is 7.20. The Labute approximate surface area is 209 Å². The molecule has 2 heterocycles. The largest absolute Gasteiger partial charge is 0.501 e.